The van der Waals surface area contributed by atoms with Crippen LogP contribution in [0.15, 0.2) is 24.3 Å². The highest BCUT2D eigenvalue weighted by atomic mass is 16.2. The highest BCUT2D eigenvalue weighted by molar-refractivity contribution is 5.83. The second-order valence-electron chi connectivity index (χ2n) is 6.87. The molecular formula is C18H24N2O. The molecule has 1 aromatic rings. The van der Waals surface area contributed by atoms with E-state index in [1.165, 1.54) is 36.8 Å². The van der Waals surface area contributed by atoms with Crippen LogP contribution in [0.5, 0.6) is 0 Å². The molecule has 1 heterocycles. The van der Waals surface area contributed by atoms with Crippen LogP contribution >= 0.6 is 0 Å². The normalized spacial score (nSPS) is 34.0. The van der Waals surface area contributed by atoms with Crippen molar-refractivity contribution in [3.63, 3.8) is 0 Å². The number of rotatable bonds is 2. The monoisotopic (exact) mass is 284 g/mol. The predicted octanol–water partition coefficient (Wildman–Crippen LogP) is 2.51. The van der Waals surface area contributed by atoms with Gasteiger partial charge in [-0.25, -0.2) is 0 Å². The van der Waals surface area contributed by atoms with E-state index >= 15 is 0 Å². The van der Waals surface area contributed by atoms with E-state index in [4.69, 9.17) is 5.73 Å². The maximum absolute atomic E-state index is 13.0. The van der Waals surface area contributed by atoms with Crippen LogP contribution in [0.4, 0.5) is 0 Å². The summed E-state index contributed by atoms with van der Waals surface area (Å²) in [5, 5.41) is 0. The Balaban J connectivity index is 1.57. The molecule has 2 aliphatic carbocycles. The SMILES string of the molecule is NCC1c2ccccc2CCN1C(=O)C1C2CCCCC21. The quantitative estimate of drug-likeness (QED) is 0.907. The highest BCUT2D eigenvalue weighted by Gasteiger charge is 2.56. The minimum atomic E-state index is 0.0881. The third-order valence-corrected chi connectivity index (χ3v) is 5.86. The summed E-state index contributed by atoms with van der Waals surface area (Å²) in [6, 6.07) is 8.55. The van der Waals surface area contributed by atoms with Crippen molar-refractivity contribution >= 4 is 5.91 Å². The minimum Gasteiger partial charge on any atom is -0.334 e. The Bertz CT molecular complexity index is 544. The summed E-state index contributed by atoms with van der Waals surface area (Å²) in [6.07, 6.45) is 6.13. The maximum atomic E-state index is 13.0. The molecule has 0 radical (unpaired) electrons. The molecule has 1 aromatic carbocycles. The van der Waals surface area contributed by atoms with Crippen LogP contribution in [0.2, 0.25) is 0 Å². The van der Waals surface area contributed by atoms with Crippen LogP contribution < -0.4 is 5.73 Å². The van der Waals surface area contributed by atoms with Crippen molar-refractivity contribution in [2.45, 2.75) is 38.1 Å². The molecule has 3 unspecified atom stereocenters. The van der Waals surface area contributed by atoms with Crippen molar-refractivity contribution in [1.82, 2.24) is 4.90 Å². The third kappa shape index (κ3) is 2.10. The van der Waals surface area contributed by atoms with Gasteiger partial charge in [-0.15, -0.1) is 0 Å². The number of hydrogen-bond donors (Lipinski definition) is 1. The molecule has 21 heavy (non-hydrogen) atoms. The summed E-state index contributed by atoms with van der Waals surface area (Å²) >= 11 is 0. The molecule has 0 bridgehead atoms. The van der Waals surface area contributed by atoms with Gasteiger partial charge in [0.2, 0.25) is 5.91 Å². The van der Waals surface area contributed by atoms with Crippen LogP contribution in [-0.4, -0.2) is 23.9 Å². The van der Waals surface area contributed by atoms with Gasteiger partial charge in [-0.1, -0.05) is 37.1 Å². The van der Waals surface area contributed by atoms with E-state index in [0.29, 0.717) is 30.2 Å². The first kappa shape index (κ1) is 13.3. The zero-order valence-electron chi connectivity index (χ0n) is 12.5. The summed E-state index contributed by atoms with van der Waals surface area (Å²) in [5.74, 6) is 2.06. The van der Waals surface area contributed by atoms with Gasteiger partial charge in [0.15, 0.2) is 0 Å². The molecule has 0 spiro atoms. The summed E-state index contributed by atoms with van der Waals surface area (Å²) in [4.78, 5) is 15.1. The average molecular weight is 284 g/mol. The Morgan fingerprint density at radius 3 is 2.62 bits per heavy atom. The lowest BCUT2D eigenvalue weighted by molar-refractivity contribution is -0.136. The molecule has 2 fully saturated rings. The molecular weight excluding hydrogens is 260 g/mol. The first-order valence-electron chi connectivity index (χ1n) is 8.39. The van der Waals surface area contributed by atoms with Crippen molar-refractivity contribution in [3.05, 3.63) is 35.4 Å². The lowest BCUT2D eigenvalue weighted by atomic mass is 9.92. The molecule has 0 saturated heterocycles. The van der Waals surface area contributed by atoms with E-state index in [1.54, 1.807) is 0 Å². The zero-order chi connectivity index (χ0) is 14.4. The van der Waals surface area contributed by atoms with Gasteiger partial charge in [0.05, 0.1) is 6.04 Å². The fraction of sp³-hybridized carbons (Fsp3) is 0.611. The number of amides is 1. The van der Waals surface area contributed by atoms with Gasteiger partial charge < -0.3 is 10.6 Å². The molecule has 2 saturated carbocycles. The molecule has 4 rings (SSSR count). The van der Waals surface area contributed by atoms with E-state index in [1.807, 2.05) is 0 Å². The van der Waals surface area contributed by atoms with Crippen molar-refractivity contribution in [1.29, 1.82) is 0 Å². The Kier molecular flexibility index (Phi) is 3.26. The molecule has 3 nitrogen and oxygen atoms in total. The van der Waals surface area contributed by atoms with Crippen LogP contribution in [0.25, 0.3) is 0 Å². The second-order valence-corrected chi connectivity index (χ2v) is 6.87. The summed E-state index contributed by atoms with van der Waals surface area (Å²) in [5.41, 5.74) is 8.65. The van der Waals surface area contributed by atoms with Gasteiger partial charge in [0.25, 0.3) is 0 Å². The topological polar surface area (TPSA) is 46.3 Å². The van der Waals surface area contributed by atoms with Gasteiger partial charge in [-0.3, -0.25) is 4.79 Å². The molecule has 1 aliphatic heterocycles. The number of hydrogen-bond acceptors (Lipinski definition) is 2. The molecule has 0 aromatic heterocycles. The van der Waals surface area contributed by atoms with Crippen molar-refractivity contribution < 1.29 is 4.79 Å². The molecule has 112 valence electrons. The Hall–Kier alpha value is -1.35. The van der Waals surface area contributed by atoms with Crippen LogP contribution in [-0.2, 0) is 11.2 Å². The predicted molar refractivity (Wildman–Crippen MR) is 82.6 cm³/mol. The Morgan fingerprint density at radius 1 is 1.19 bits per heavy atom. The number of carbonyl (C=O) groups excluding carboxylic acids is 1. The Morgan fingerprint density at radius 2 is 1.90 bits per heavy atom. The summed E-state index contributed by atoms with van der Waals surface area (Å²) in [7, 11) is 0. The van der Waals surface area contributed by atoms with Crippen molar-refractivity contribution in [2.75, 3.05) is 13.1 Å². The van der Waals surface area contributed by atoms with E-state index in [9.17, 15) is 4.79 Å². The van der Waals surface area contributed by atoms with Gasteiger partial charge in [-0.2, -0.15) is 0 Å². The molecule has 1 amide bonds. The van der Waals surface area contributed by atoms with Gasteiger partial charge in [0.1, 0.15) is 0 Å². The first-order chi connectivity index (χ1) is 10.3. The molecule has 3 aliphatic rings. The second kappa shape index (κ2) is 5.13. The van der Waals surface area contributed by atoms with E-state index in [0.717, 1.165) is 13.0 Å². The number of nitrogens with zero attached hydrogens (tertiary/aromatic N) is 1. The number of nitrogens with two attached hydrogens (primary N) is 1. The summed E-state index contributed by atoms with van der Waals surface area (Å²) in [6.45, 7) is 1.37. The van der Waals surface area contributed by atoms with E-state index < -0.39 is 0 Å². The van der Waals surface area contributed by atoms with E-state index in [2.05, 4.69) is 29.2 Å². The lowest BCUT2D eigenvalue weighted by Gasteiger charge is -2.37. The summed E-state index contributed by atoms with van der Waals surface area (Å²) < 4.78 is 0. The van der Waals surface area contributed by atoms with Crippen LogP contribution in [0.1, 0.15) is 42.9 Å². The van der Waals surface area contributed by atoms with Crippen molar-refractivity contribution in [2.24, 2.45) is 23.5 Å². The molecule has 2 N–H and O–H groups in total. The number of benzene rings is 1. The first-order valence-corrected chi connectivity index (χ1v) is 8.39. The fourth-order valence-corrected chi connectivity index (χ4v) is 4.72. The lowest BCUT2D eigenvalue weighted by Crippen LogP contribution is -2.44. The van der Waals surface area contributed by atoms with Crippen LogP contribution in [0, 0.1) is 17.8 Å². The zero-order valence-corrected chi connectivity index (χ0v) is 12.5. The smallest absolute Gasteiger partial charge is 0.226 e. The largest absolute Gasteiger partial charge is 0.334 e. The minimum absolute atomic E-state index is 0.0881. The van der Waals surface area contributed by atoms with Gasteiger partial charge in [-0.05, 0) is 42.2 Å². The van der Waals surface area contributed by atoms with Gasteiger partial charge >= 0.3 is 0 Å². The van der Waals surface area contributed by atoms with E-state index in [-0.39, 0.29) is 6.04 Å². The van der Waals surface area contributed by atoms with Crippen LogP contribution in [0.3, 0.4) is 0 Å². The number of fused-ring (bicyclic) bond motifs is 2. The average Bonchev–Trinajstić information content (AvgIpc) is 3.27. The standard InChI is InChI=1S/C18H24N2O/c19-11-16-13-6-2-1-5-12(13)9-10-20(16)18(21)17-14-7-3-4-8-15(14)17/h1-2,5-6,14-17H,3-4,7-11,19H2. The fourth-order valence-electron chi connectivity index (χ4n) is 4.72. The van der Waals surface area contributed by atoms with Crippen molar-refractivity contribution in [3.8, 4) is 0 Å². The Labute approximate surface area is 126 Å². The molecule has 3 atom stereocenters. The van der Waals surface area contributed by atoms with Gasteiger partial charge in [0, 0.05) is 19.0 Å². The third-order valence-electron chi connectivity index (χ3n) is 5.86. The number of carbonyl (C=O) groups is 1. The highest BCUT2D eigenvalue weighted by Crippen LogP contribution is 2.56. The maximum Gasteiger partial charge on any atom is 0.226 e. The molecule has 3 heteroatoms.